The summed E-state index contributed by atoms with van der Waals surface area (Å²) in [6.45, 7) is 5.48. The molecule has 13 heavy (non-hydrogen) atoms. The van der Waals surface area contributed by atoms with Crippen LogP contribution >= 0.6 is 0 Å². The molecule has 4 nitrogen and oxygen atoms in total. The first kappa shape index (κ1) is 11.7. The number of amides is 2. The second-order valence-corrected chi connectivity index (χ2v) is 2.63. The Balaban J connectivity index is 3.36. The fraction of sp³-hybridized carbons (Fsp3) is 0.556. The lowest BCUT2D eigenvalue weighted by Gasteiger charge is -2.04. The van der Waals surface area contributed by atoms with Crippen LogP contribution in [0.15, 0.2) is 12.7 Å². The summed E-state index contributed by atoms with van der Waals surface area (Å²) in [5.41, 5.74) is 0. The summed E-state index contributed by atoms with van der Waals surface area (Å²) in [6.07, 6.45) is 3.55. The molecule has 0 bridgehead atoms. The molecule has 0 aliphatic heterocycles. The van der Waals surface area contributed by atoms with Gasteiger partial charge in [-0.15, -0.1) is 0 Å². The normalized spacial score (nSPS) is 9.00. The third-order valence-electron chi connectivity index (χ3n) is 1.49. The van der Waals surface area contributed by atoms with Crippen LogP contribution in [-0.2, 0) is 9.59 Å². The summed E-state index contributed by atoms with van der Waals surface area (Å²) in [5, 5.41) is 5.01. The van der Waals surface area contributed by atoms with E-state index in [0.29, 0.717) is 6.42 Å². The fourth-order valence-corrected chi connectivity index (χ4v) is 0.728. The van der Waals surface area contributed by atoms with Crippen molar-refractivity contribution in [2.45, 2.75) is 26.2 Å². The van der Waals surface area contributed by atoms with Crippen LogP contribution in [0.5, 0.6) is 0 Å². The highest BCUT2D eigenvalue weighted by molar-refractivity contribution is 5.87. The van der Waals surface area contributed by atoms with Crippen molar-refractivity contribution in [3.05, 3.63) is 12.7 Å². The number of hydrogen-bond acceptors (Lipinski definition) is 2. The largest absolute Gasteiger partial charge is 0.339 e. The molecule has 0 saturated heterocycles. The van der Waals surface area contributed by atoms with E-state index >= 15 is 0 Å². The van der Waals surface area contributed by atoms with E-state index in [0.717, 1.165) is 18.9 Å². The molecule has 0 rings (SSSR count). The maximum Gasteiger partial charge on any atom is 0.244 e. The lowest BCUT2D eigenvalue weighted by atomic mass is 10.2. The maximum absolute atomic E-state index is 11.0. The zero-order valence-electron chi connectivity index (χ0n) is 7.93. The Hall–Kier alpha value is -1.32. The van der Waals surface area contributed by atoms with E-state index in [4.69, 9.17) is 0 Å². The highest BCUT2D eigenvalue weighted by atomic mass is 16.2. The van der Waals surface area contributed by atoms with Crippen LogP contribution in [0.2, 0.25) is 0 Å². The average molecular weight is 184 g/mol. The van der Waals surface area contributed by atoms with E-state index in [1.807, 2.05) is 6.92 Å². The van der Waals surface area contributed by atoms with E-state index < -0.39 is 0 Å². The third-order valence-corrected chi connectivity index (χ3v) is 1.49. The summed E-state index contributed by atoms with van der Waals surface area (Å²) in [6, 6.07) is 0. The molecule has 0 heterocycles. The quantitative estimate of drug-likeness (QED) is 0.468. The number of rotatable bonds is 6. The van der Waals surface area contributed by atoms with Crippen molar-refractivity contribution in [2.75, 3.05) is 6.67 Å². The van der Waals surface area contributed by atoms with Crippen LogP contribution in [-0.4, -0.2) is 18.5 Å². The van der Waals surface area contributed by atoms with Gasteiger partial charge in [0.25, 0.3) is 0 Å². The zero-order valence-corrected chi connectivity index (χ0v) is 7.93. The smallest absolute Gasteiger partial charge is 0.244 e. The Morgan fingerprint density at radius 3 is 2.62 bits per heavy atom. The van der Waals surface area contributed by atoms with Gasteiger partial charge in [-0.2, -0.15) is 0 Å². The van der Waals surface area contributed by atoms with E-state index in [1.165, 1.54) is 0 Å². The Kier molecular flexibility index (Phi) is 6.59. The van der Waals surface area contributed by atoms with Gasteiger partial charge in [0.05, 0.1) is 6.67 Å². The third kappa shape index (κ3) is 7.05. The van der Waals surface area contributed by atoms with Gasteiger partial charge < -0.3 is 10.6 Å². The number of hydrogen-bond donors (Lipinski definition) is 2. The molecule has 0 unspecified atom stereocenters. The standard InChI is InChI=1S/C9H16N2O2/c1-3-5-6-9(13)11-7-10-8(12)4-2/h4H,2-3,5-7H2,1H3,(H,10,12)(H,11,13). The predicted molar refractivity (Wildman–Crippen MR) is 50.9 cm³/mol. The van der Waals surface area contributed by atoms with Crippen LogP contribution in [0.4, 0.5) is 0 Å². The molecule has 4 heteroatoms. The summed E-state index contributed by atoms with van der Waals surface area (Å²) in [5.74, 6) is -0.318. The van der Waals surface area contributed by atoms with Gasteiger partial charge in [-0.1, -0.05) is 19.9 Å². The molecule has 0 aromatic carbocycles. The Morgan fingerprint density at radius 1 is 1.38 bits per heavy atom. The molecule has 0 aromatic heterocycles. The minimum Gasteiger partial charge on any atom is -0.339 e. The molecule has 0 radical (unpaired) electrons. The minimum atomic E-state index is -0.282. The first-order valence-corrected chi connectivity index (χ1v) is 4.37. The van der Waals surface area contributed by atoms with Crippen LogP contribution in [0, 0.1) is 0 Å². The second kappa shape index (κ2) is 7.34. The summed E-state index contributed by atoms with van der Waals surface area (Å²) >= 11 is 0. The van der Waals surface area contributed by atoms with Gasteiger partial charge in [0, 0.05) is 6.42 Å². The topological polar surface area (TPSA) is 58.2 Å². The second-order valence-electron chi connectivity index (χ2n) is 2.63. The molecular formula is C9H16N2O2. The monoisotopic (exact) mass is 184 g/mol. The number of carbonyl (C=O) groups is 2. The van der Waals surface area contributed by atoms with Crippen molar-refractivity contribution >= 4 is 11.8 Å². The van der Waals surface area contributed by atoms with Crippen LogP contribution in [0.1, 0.15) is 26.2 Å². The fourth-order valence-electron chi connectivity index (χ4n) is 0.728. The van der Waals surface area contributed by atoms with Crippen molar-refractivity contribution in [3.8, 4) is 0 Å². The first-order chi connectivity index (χ1) is 6.20. The summed E-state index contributed by atoms with van der Waals surface area (Å²) < 4.78 is 0. The molecule has 0 saturated carbocycles. The van der Waals surface area contributed by atoms with Crippen molar-refractivity contribution in [1.82, 2.24) is 10.6 Å². The molecule has 0 aliphatic rings. The van der Waals surface area contributed by atoms with Gasteiger partial charge in [0.1, 0.15) is 0 Å². The van der Waals surface area contributed by atoms with Gasteiger partial charge >= 0.3 is 0 Å². The van der Waals surface area contributed by atoms with E-state index in [-0.39, 0.29) is 18.5 Å². The van der Waals surface area contributed by atoms with Gasteiger partial charge in [0.2, 0.25) is 11.8 Å². The van der Waals surface area contributed by atoms with Crippen LogP contribution in [0.3, 0.4) is 0 Å². The van der Waals surface area contributed by atoms with Crippen LogP contribution < -0.4 is 10.6 Å². The predicted octanol–water partition coefficient (Wildman–Crippen LogP) is 0.552. The number of carbonyl (C=O) groups excluding carboxylic acids is 2. The Morgan fingerprint density at radius 2 is 2.08 bits per heavy atom. The average Bonchev–Trinajstić information content (AvgIpc) is 2.14. The maximum atomic E-state index is 11.0. The molecule has 0 aliphatic carbocycles. The first-order valence-electron chi connectivity index (χ1n) is 4.37. The molecule has 0 spiro atoms. The summed E-state index contributed by atoms with van der Waals surface area (Å²) in [7, 11) is 0. The molecule has 2 amide bonds. The van der Waals surface area contributed by atoms with Crippen molar-refractivity contribution < 1.29 is 9.59 Å². The molecule has 2 N–H and O–H groups in total. The van der Waals surface area contributed by atoms with Crippen molar-refractivity contribution in [1.29, 1.82) is 0 Å². The Bertz CT molecular complexity index is 190. The van der Waals surface area contributed by atoms with Gasteiger partial charge in [-0.05, 0) is 12.5 Å². The number of unbranched alkanes of at least 4 members (excludes halogenated alkanes) is 1. The molecule has 74 valence electrons. The van der Waals surface area contributed by atoms with Crippen molar-refractivity contribution in [3.63, 3.8) is 0 Å². The molecular weight excluding hydrogens is 168 g/mol. The summed E-state index contributed by atoms with van der Waals surface area (Å²) in [4.78, 5) is 21.6. The van der Waals surface area contributed by atoms with Gasteiger partial charge in [0.15, 0.2) is 0 Å². The highest BCUT2D eigenvalue weighted by Crippen LogP contribution is 1.91. The van der Waals surface area contributed by atoms with Gasteiger partial charge in [-0.3, -0.25) is 9.59 Å². The molecule has 0 atom stereocenters. The van der Waals surface area contributed by atoms with Gasteiger partial charge in [-0.25, -0.2) is 0 Å². The minimum absolute atomic E-state index is 0.0359. The Labute approximate surface area is 78.4 Å². The molecule has 0 aromatic rings. The van der Waals surface area contributed by atoms with E-state index in [1.54, 1.807) is 0 Å². The van der Waals surface area contributed by atoms with Crippen LogP contribution in [0.25, 0.3) is 0 Å². The van der Waals surface area contributed by atoms with E-state index in [9.17, 15) is 9.59 Å². The molecule has 0 fully saturated rings. The highest BCUT2D eigenvalue weighted by Gasteiger charge is 1.98. The number of nitrogens with one attached hydrogen (secondary N) is 2. The van der Waals surface area contributed by atoms with E-state index in [2.05, 4.69) is 17.2 Å². The zero-order chi connectivity index (χ0) is 10.1. The SMILES string of the molecule is C=CC(=O)NCNC(=O)CCCC. The lowest BCUT2D eigenvalue weighted by molar-refractivity contribution is -0.121. The lowest BCUT2D eigenvalue weighted by Crippen LogP contribution is -2.36. The van der Waals surface area contributed by atoms with Crippen molar-refractivity contribution in [2.24, 2.45) is 0 Å².